The Morgan fingerprint density at radius 2 is 2.11 bits per heavy atom. The monoisotopic (exact) mass is 385 g/mol. The zero-order valence-corrected chi connectivity index (χ0v) is 15.9. The highest BCUT2D eigenvalue weighted by molar-refractivity contribution is 5.92. The fourth-order valence-electron chi connectivity index (χ4n) is 3.18. The van der Waals surface area contributed by atoms with Gasteiger partial charge in [0.05, 0.1) is 4.92 Å². The van der Waals surface area contributed by atoms with Crippen LogP contribution in [0.4, 0.5) is 5.69 Å². The number of nitro benzene ring substituents is 1. The van der Waals surface area contributed by atoms with Gasteiger partial charge in [-0.05, 0) is 32.4 Å². The number of nitro groups is 1. The van der Waals surface area contributed by atoms with Gasteiger partial charge >= 0.3 is 0 Å². The lowest BCUT2D eigenvalue weighted by Crippen LogP contribution is -2.38. The SMILES string of the molecule is CCN(CCNC(=O)c1nn(-c2ccccc2[N+](=O)[O-])c(C)cc1=O)C1CC1. The summed E-state index contributed by atoms with van der Waals surface area (Å²) in [6.07, 6.45) is 2.36. The summed E-state index contributed by atoms with van der Waals surface area (Å²) in [5.74, 6) is -0.579. The van der Waals surface area contributed by atoms with Crippen LogP contribution in [0.1, 0.15) is 35.9 Å². The van der Waals surface area contributed by atoms with Crippen molar-refractivity contribution in [2.75, 3.05) is 19.6 Å². The number of hydrogen-bond acceptors (Lipinski definition) is 6. The van der Waals surface area contributed by atoms with Crippen molar-refractivity contribution in [1.29, 1.82) is 0 Å². The number of carbonyl (C=O) groups is 1. The van der Waals surface area contributed by atoms with Crippen LogP contribution >= 0.6 is 0 Å². The summed E-state index contributed by atoms with van der Waals surface area (Å²) in [6, 6.07) is 7.92. The summed E-state index contributed by atoms with van der Waals surface area (Å²) < 4.78 is 1.26. The van der Waals surface area contributed by atoms with Crippen LogP contribution in [0.2, 0.25) is 0 Å². The first kappa shape index (κ1) is 19.7. The largest absolute Gasteiger partial charge is 0.349 e. The molecule has 1 amide bonds. The summed E-state index contributed by atoms with van der Waals surface area (Å²) in [6.45, 7) is 5.71. The highest BCUT2D eigenvalue weighted by Crippen LogP contribution is 2.26. The van der Waals surface area contributed by atoms with Gasteiger partial charge in [0.1, 0.15) is 5.69 Å². The van der Waals surface area contributed by atoms with Crippen molar-refractivity contribution < 1.29 is 9.72 Å². The lowest BCUT2D eigenvalue weighted by molar-refractivity contribution is -0.384. The van der Waals surface area contributed by atoms with Gasteiger partial charge in [-0.15, -0.1) is 0 Å². The predicted octanol–water partition coefficient (Wildman–Crippen LogP) is 1.66. The van der Waals surface area contributed by atoms with Gasteiger partial charge in [-0.25, -0.2) is 4.68 Å². The van der Waals surface area contributed by atoms with Crippen LogP contribution in [0.3, 0.4) is 0 Å². The number of nitrogens with one attached hydrogen (secondary N) is 1. The molecule has 2 aromatic rings. The molecule has 28 heavy (non-hydrogen) atoms. The average Bonchev–Trinajstić information content (AvgIpc) is 3.50. The third-order valence-electron chi connectivity index (χ3n) is 4.78. The first-order chi connectivity index (χ1) is 13.4. The second kappa shape index (κ2) is 8.30. The molecule has 0 aliphatic heterocycles. The number of likely N-dealkylation sites (N-methyl/N-ethyl adjacent to an activating group) is 1. The molecule has 0 saturated heterocycles. The highest BCUT2D eigenvalue weighted by Gasteiger charge is 2.27. The molecule has 0 unspecified atom stereocenters. The third kappa shape index (κ3) is 4.25. The van der Waals surface area contributed by atoms with Crippen molar-refractivity contribution >= 4 is 11.6 Å². The maximum atomic E-state index is 12.5. The van der Waals surface area contributed by atoms with E-state index in [-0.39, 0.29) is 17.1 Å². The van der Waals surface area contributed by atoms with Gasteiger partial charge < -0.3 is 5.32 Å². The summed E-state index contributed by atoms with van der Waals surface area (Å²) in [5.41, 5.74) is -0.347. The first-order valence-corrected chi connectivity index (χ1v) is 9.29. The number of para-hydroxylation sites is 2. The molecule has 9 nitrogen and oxygen atoms in total. The topological polar surface area (TPSA) is 110 Å². The molecule has 1 aliphatic rings. The molecule has 0 bridgehead atoms. The number of hydrogen-bond donors (Lipinski definition) is 1. The third-order valence-corrected chi connectivity index (χ3v) is 4.78. The fraction of sp³-hybridized carbons (Fsp3) is 0.421. The molecular formula is C19H23N5O4. The number of aryl methyl sites for hydroxylation is 1. The molecule has 1 fully saturated rings. The first-order valence-electron chi connectivity index (χ1n) is 9.29. The molecule has 1 N–H and O–H groups in total. The minimum Gasteiger partial charge on any atom is -0.349 e. The molecule has 1 aromatic heterocycles. The maximum absolute atomic E-state index is 12.5. The zero-order valence-electron chi connectivity index (χ0n) is 15.9. The van der Waals surface area contributed by atoms with Crippen molar-refractivity contribution in [2.45, 2.75) is 32.7 Å². The lowest BCUT2D eigenvalue weighted by Gasteiger charge is -2.19. The number of amides is 1. The van der Waals surface area contributed by atoms with E-state index in [0.717, 1.165) is 6.54 Å². The van der Waals surface area contributed by atoms with E-state index in [2.05, 4.69) is 22.2 Å². The van der Waals surface area contributed by atoms with Crippen LogP contribution < -0.4 is 10.7 Å². The van der Waals surface area contributed by atoms with Crippen molar-refractivity contribution in [3.8, 4) is 5.69 Å². The van der Waals surface area contributed by atoms with Crippen molar-refractivity contribution in [3.05, 3.63) is 62.1 Å². The summed E-state index contributed by atoms with van der Waals surface area (Å²) in [4.78, 5) is 37.8. The van der Waals surface area contributed by atoms with Crippen LogP contribution in [0.25, 0.3) is 5.69 Å². The van der Waals surface area contributed by atoms with Crippen molar-refractivity contribution in [3.63, 3.8) is 0 Å². The van der Waals surface area contributed by atoms with E-state index in [0.29, 0.717) is 24.8 Å². The maximum Gasteiger partial charge on any atom is 0.294 e. The lowest BCUT2D eigenvalue weighted by atomic mass is 10.2. The van der Waals surface area contributed by atoms with Gasteiger partial charge in [0.2, 0.25) is 5.43 Å². The average molecular weight is 385 g/mol. The van der Waals surface area contributed by atoms with Gasteiger partial charge in [0.25, 0.3) is 11.6 Å². The molecular weight excluding hydrogens is 362 g/mol. The standard InChI is InChI=1S/C19H23N5O4/c1-3-22(14-8-9-14)11-10-20-19(26)18-17(25)12-13(2)23(21-18)15-6-4-5-7-16(15)24(27)28/h4-7,12,14H,3,8-11H2,1-2H3,(H,20,26). The molecule has 9 heteroatoms. The molecule has 1 aromatic carbocycles. The summed E-state index contributed by atoms with van der Waals surface area (Å²) >= 11 is 0. The van der Waals surface area contributed by atoms with Gasteiger partial charge in [-0.1, -0.05) is 19.1 Å². The minimum absolute atomic E-state index is 0.156. The number of nitrogens with zero attached hydrogens (tertiary/aromatic N) is 4. The van der Waals surface area contributed by atoms with Gasteiger partial charge in [0, 0.05) is 37.0 Å². The van der Waals surface area contributed by atoms with Crippen molar-refractivity contribution in [1.82, 2.24) is 20.0 Å². The van der Waals surface area contributed by atoms with Crippen LogP contribution in [0.15, 0.2) is 35.1 Å². The molecule has 1 aliphatic carbocycles. The smallest absolute Gasteiger partial charge is 0.294 e. The van der Waals surface area contributed by atoms with Crippen LogP contribution in [-0.2, 0) is 0 Å². The summed E-state index contributed by atoms with van der Waals surface area (Å²) in [5, 5.41) is 18.2. The van der Waals surface area contributed by atoms with Crippen LogP contribution in [-0.4, -0.2) is 51.2 Å². The zero-order chi connectivity index (χ0) is 20.3. The quantitative estimate of drug-likeness (QED) is 0.547. The Balaban J connectivity index is 1.82. The molecule has 0 atom stereocenters. The molecule has 1 heterocycles. The predicted molar refractivity (Wildman–Crippen MR) is 104 cm³/mol. The van der Waals surface area contributed by atoms with E-state index in [1.807, 2.05) is 0 Å². The normalized spacial score (nSPS) is 13.5. The Hall–Kier alpha value is -3.07. The molecule has 3 rings (SSSR count). The number of benzene rings is 1. The van der Waals surface area contributed by atoms with Gasteiger partial charge in [0.15, 0.2) is 5.69 Å². The fourth-order valence-corrected chi connectivity index (χ4v) is 3.18. The van der Waals surface area contributed by atoms with Gasteiger partial charge in [-0.2, -0.15) is 5.10 Å². The van der Waals surface area contributed by atoms with E-state index in [9.17, 15) is 19.7 Å². The Morgan fingerprint density at radius 1 is 1.39 bits per heavy atom. The summed E-state index contributed by atoms with van der Waals surface area (Å²) in [7, 11) is 0. The second-order valence-corrected chi connectivity index (χ2v) is 6.77. The van der Waals surface area contributed by atoms with E-state index < -0.39 is 16.3 Å². The van der Waals surface area contributed by atoms with Gasteiger partial charge in [-0.3, -0.25) is 24.6 Å². The van der Waals surface area contributed by atoms with Crippen LogP contribution in [0.5, 0.6) is 0 Å². The number of carbonyl (C=O) groups excluding carboxylic acids is 1. The molecule has 148 valence electrons. The number of rotatable bonds is 8. The molecule has 1 saturated carbocycles. The van der Waals surface area contributed by atoms with E-state index in [1.54, 1.807) is 19.1 Å². The minimum atomic E-state index is -0.579. The Kier molecular flexibility index (Phi) is 5.84. The second-order valence-electron chi connectivity index (χ2n) is 6.77. The Labute approximate surface area is 162 Å². The Morgan fingerprint density at radius 3 is 2.75 bits per heavy atom. The highest BCUT2D eigenvalue weighted by atomic mass is 16.6. The van der Waals surface area contributed by atoms with E-state index in [4.69, 9.17) is 0 Å². The Bertz CT molecular complexity index is 952. The number of aromatic nitrogens is 2. The van der Waals surface area contributed by atoms with Crippen molar-refractivity contribution in [2.24, 2.45) is 0 Å². The molecule has 0 spiro atoms. The molecule has 0 radical (unpaired) electrons. The van der Waals surface area contributed by atoms with E-state index in [1.165, 1.54) is 35.7 Å². The van der Waals surface area contributed by atoms with Crippen LogP contribution in [0, 0.1) is 17.0 Å². The van der Waals surface area contributed by atoms with E-state index >= 15 is 0 Å².